The van der Waals surface area contributed by atoms with Crippen LogP contribution in [0.1, 0.15) is 189 Å². The molecule has 0 rings (SSSR count). The van der Waals surface area contributed by atoms with E-state index in [-0.39, 0.29) is 0 Å². The fraction of sp³-hybridized carbons (Fsp3) is 0.939. The summed E-state index contributed by atoms with van der Waals surface area (Å²) in [5.74, 6) is 1.63. The molecule has 0 heterocycles. The summed E-state index contributed by atoms with van der Waals surface area (Å²) < 4.78 is 0. The molecule has 0 radical (unpaired) electrons. The fourth-order valence-electron chi connectivity index (χ4n) is 5.18. The molecule has 0 fully saturated rings. The van der Waals surface area contributed by atoms with E-state index in [1.54, 1.807) is 5.57 Å². The van der Waals surface area contributed by atoms with Gasteiger partial charge in [0.15, 0.2) is 0 Å². The van der Waals surface area contributed by atoms with Crippen LogP contribution in [0, 0.1) is 11.8 Å². The summed E-state index contributed by atoms with van der Waals surface area (Å²) in [5, 5.41) is 0. The van der Waals surface area contributed by atoms with E-state index in [2.05, 4.69) is 40.7 Å². The van der Waals surface area contributed by atoms with Crippen molar-refractivity contribution in [2.45, 2.75) is 189 Å². The zero-order chi connectivity index (χ0) is 24.4. The lowest BCUT2D eigenvalue weighted by molar-refractivity contribution is 0.500. The average Bonchev–Trinajstić information content (AvgIpc) is 2.78. The van der Waals surface area contributed by atoms with Crippen molar-refractivity contribution in [3.63, 3.8) is 0 Å². The smallest absolute Gasteiger partial charge is 0.0260 e. The van der Waals surface area contributed by atoms with E-state index < -0.39 is 0 Å². The van der Waals surface area contributed by atoms with Gasteiger partial charge in [0, 0.05) is 0 Å². The number of rotatable bonds is 26. The molecule has 0 aliphatic heterocycles. The first kappa shape index (κ1) is 32.7. The van der Waals surface area contributed by atoms with Crippen LogP contribution in [0.4, 0.5) is 0 Å². The van der Waals surface area contributed by atoms with Gasteiger partial charge in [-0.3, -0.25) is 0 Å². The summed E-state index contributed by atoms with van der Waals surface area (Å²) in [5.41, 5.74) is 1.66. The van der Waals surface area contributed by atoms with Crippen LogP contribution in [-0.4, -0.2) is 0 Å². The highest BCUT2D eigenvalue weighted by Gasteiger charge is 2.01. The first-order valence-electron chi connectivity index (χ1n) is 15.7. The van der Waals surface area contributed by atoms with Gasteiger partial charge in [0.1, 0.15) is 0 Å². The Kier molecular flexibility index (Phi) is 26.1. The molecular weight excluding hydrogens is 396 g/mol. The van der Waals surface area contributed by atoms with Crippen LogP contribution in [0.5, 0.6) is 0 Å². The Balaban J connectivity index is 3.10. The van der Waals surface area contributed by atoms with Crippen LogP contribution < -0.4 is 0 Å². The number of unbranched alkanes of at least 4 members (excludes halogenated alkanes) is 21. The lowest BCUT2D eigenvalue weighted by Crippen LogP contribution is -1.93. The van der Waals surface area contributed by atoms with E-state index >= 15 is 0 Å². The molecule has 198 valence electrons. The minimum Gasteiger partial charge on any atom is -0.0882 e. The van der Waals surface area contributed by atoms with E-state index in [4.69, 9.17) is 0 Å². The van der Waals surface area contributed by atoms with E-state index in [0.717, 1.165) is 11.8 Å². The van der Waals surface area contributed by atoms with Crippen molar-refractivity contribution in [3.05, 3.63) is 11.6 Å². The molecule has 0 saturated heterocycles. The molecular formula is C33H66. The number of allylic oxidation sites excluding steroid dienone is 2. The SMILES string of the molecule is CC=C(CCCCCCCCCCCCCCCCCCCCCCCCC(C)C)C(C)C. The van der Waals surface area contributed by atoms with E-state index in [0.29, 0.717) is 0 Å². The third-order valence-corrected chi connectivity index (χ3v) is 7.61. The Morgan fingerprint density at radius 1 is 0.424 bits per heavy atom. The highest BCUT2D eigenvalue weighted by atomic mass is 14.1. The standard InChI is InChI=1S/C33H66/c1-6-33(32(4)5)30-28-26-24-22-20-18-16-14-12-10-8-7-9-11-13-15-17-19-21-23-25-27-29-31(2)3/h6,31-32H,7-30H2,1-5H3. The van der Waals surface area contributed by atoms with Gasteiger partial charge in [0.05, 0.1) is 0 Å². The lowest BCUT2D eigenvalue weighted by atomic mass is 9.96. The van der Waals surface area contributed by atoms with Crippen LogP contribution in [0.2, 0.25) is 0 Å². The van der Waals surface area contributed by atoms with Crippen LogP contribution in [-0.2, 0) is 0 Å². The topological polar surface area (TPSA) is 0 Å². The van der Waals surface area contributed by atoms with Crippen LogP contribution >= 0.6 is 0 Å². The summed E-state index contributed by atoms with van der Waals surface area (Å²) in [6.45, 7) is 11.6. The minimum absolute atomic E-state index is 0.740. The van der Waals surface area contributed by atoms with Gasteiger partial charge in [-0.1, -0.05) is 181 Å². The second kappa shape index (κ2) is 26.3. The van der Waals surface area contributed by atoms with Gasteiger partial charge in [-0.05, 0) is 31.6 Å². The van der Waals surface area contributed by atoms with Crippen molar-refractivity contribution in [3.8, 4) is 0 Å². The maximum absolute atomic E-state index is 2.35. The van der Waals surface area contributed by atoms with Crippen molar-refractivity contribution in [1.82, 2.24) is 0 Å². The summed E-state index contributed by atoms with van der Waals surface area (Å²) >= 11 is 0. The first-order valence-corrected chi connectivity index (χ1v) is 15.7. The summed E-state index contributed by atoms with van der Waals surface area (Å²) in [4.78, 5) is 0. The Morgan fingerprint density at radius 2 is 0.697 bits per heavy atom. The molecule has 0 aromatic heterocycles. The first-order chi connectivity index (χ1) is 16.1. The number of hydrogen-bond acceptors (Lipinski definition) is 0. The van der Waals surface area contributed by atoms with Gasteiger partial charge >= 0.3 is 0 Å². The molecule has 0 spiro atoms. The molecule has 0 heteroatoms. The summed E-state index contributed by atoms with van der Waals surface area (Å²) in [7, 11) is 0. The second-order valence-corrected chi connectivity index (χ2v) is 11.7. The van der Waals surface area contributed by atoms with E-state index in [1.165, 1.54) is 154 Å². The molecule has 0 bridgehead atoms. The van der Waals surface area contributed by atoms with Gasteiger partial charge in [0.2, 0.25) is 0 Å². The van der Waals surface area contributed by atoms with Gasteiger partial charge in [-0.2, -0.15) is 0 Å². The monoisotopic (exact) mass is 463 g/mol. The van der Waals surface area contributed by atoms with Crippen LogP contribution in [0.25, 0.3) is 0 Å². The Hall–Kier alpha value is -0.260. The predicted molar refractivity (Wildman–Crippen MR) is 154 cm³/mol. The third kappa shape index (κ3) is 26.2. The second-order valence-electron chi connectivity index (χ2n) is 11.7. The number of hydrogen-bond donors (Lipinski definition) is 0. The molecule has 0 nitrogen and oxygen atoms in total. The van der Waals surface area contributed by atoms with E-state index in [9.17, 15) is 0 Å². The lowest BCUT2D eigenvalue weighted by Gasteiger charge is -2.10. The molecule has 0 atom stereocenters. The van der Waals surface area contributed by atoms with Gasteiger partial charge in [0.25, 0.3) is 0 Å². The highest BCUT2D eigenvalue weighted by molar-refractivity contribution is 5.02. The molecule has 0 aromatic rings. The quantitative estimate of drug-likeness (QED) is 0.0885. The van der Waals surface area contributed by atoms with Crippen molar-refractivity contribution < 1.29 is 0 Å². The van der Waals surface area contributed by atoms with Crippen LogP contribution in [0.15, 0.2) is 11.6 Å². The minimum atomic E-state index is 0.740. The maximum atomic E-state index is 2.35. The van der Waals surface area contributed by atoms with Crippen molar-refractivity contribution >= 4 is 0 Å². The predicted octanol–water partition coefficient (Wildman–Crippen LogP) is 12.6. The molecule has 33 heavy (non-hydrogen) atoms. The Morgan fingerprint density at radius 3 is 0.939 bits per heavy atom. The van der Waals surface area contributed by atoms with E-state index in [1.807, 2.05) is 0 Å². The van der Waals surface area contributed by atoms with Gasteiger partial charge < -0.3 is 0 Å². The van der Waals surface area contributed by atoms with Gasteiger partial charge in [-0.15, -0.1) is 0 Å². The molecule has 0 saturated carbocycles. The molecule has 0 aliphatic carbocycles. The fourth-order valence-corrected chi connectivity index (χ4v) is 5.18. The molecule has 0 unspecified atom stereocenters. The largest absolute Gasteiger partial charge is 0.0882 e. The van der Waals surface area contributed by atoms with Crippen molar-refractivity contribution in [2.24, 2.45) is 11.8 Å². The summed E-state index contributed by atoms with van der Waals surface area (Å²) in [6.07, 6.45) is 37.5. The Bertz CT molecular complexity index is 389. The van der Waals surface area contributed by atoms with Crippen molar-refractivity contribution in [1.29, 1.82) is 0 Å². The van der Waals surface area contributed by atoms with Gasteiger partial charge in [-0.25, -0.2) is 0 Å². The molecule has 0 aliphatic rings. The molecule has 0 N–H and O–H groups in total. The Labute approximate surface area is 212 Å². The average molecular weight is 463 g/mol. The van der Waals surface area contributed by atoms with Crippen molar-refractivity contribution in [2.75, 3.05) is 0 Å². The molecule has 0 aromatic carbocycles. The van der Waals surface area contributed by atoms with Crippen LogP contribution in [0.3, 0.4) is 0 Å². The normalized spacial score (nSPS) is 12.4. The zero-order valence-corrected chi connectivity index (χ0v) is 24.2. The summed E-state index contributed by atoms with van der Waals surface area (Å²) in [6, 6.07) is 0. The zero-order valence-electron chi connectivity index (χ0n) is 24.2. The molecule has 0 amide bonds. The highest BCUT2D eigenvalue weighted by Crippen LogP contribution is 2.19. The maximum Gasteiger partial charge on any atom is -0.0260 e. The third-order valence-electron chi connectivity index (χ3n) is 7.61.